The molecular formula is C15H19N7O2. The largest absolute Gasteiger partial charge is 0.370 e. The molecule has 0 bridgehead atoms. The van der Waals surface area contributed by atoms with E-state index in [9.17, 15) is 9.59 Å². The molecule has 2 aliphatic heterocycles. The molecule has 9 nitrogen and oxygen atoms in total. The third kappa shape index (κ3) is 2.64. The van der Waals surface area contributed by atoms with Crippen molar-refractivity contribution in [3.8, 4) is 0 Å². The molecule has 3 amide bonds. The van der Waals surface area contributed by atoms with Gasteiger partial charge in [0.15, 0.2) is 5.96 Å². The lowest BCUT2D eigenvalue weighted by Crippen LogP contribution is -2.33. The number of amides is 3. The van der Waals surface area contributed by atoms with Crippen molar-refractivity contribution in [2.45, 2.75) is 25.8 Å². The van der Waals surface area contributed by atoms with Crippen LogP contribution in [0.15, 0.2) is 28.2 Å². The molecule has 0 spiro atoms. The summed E-state index contributed by atoms with van der Waals surface area (Å²) < 4.78 is 0. The monoisotopic (exact) mass is 329 g/mol. The zero-order valence-corrected chi connectivity index (χ0v) is 13.3. The Morgan fingerprint density at radius 1 is 1.25 bits per heavy atom. The lowest BCUT2D eigenvalue weighted by Gasteiger charge is -2.18. The second-order valence-electron chi connectivity index (χ2n) is 5.79. The van der Waals surface area contributed by atoms with Crippen LogP contribution in [0, 0.1) is 6.92 Å². The van der Waals surface area contributed by atoms with E-state index in [-0.39, 0.29) is 29.9 Å². The van der Waals surface area contributed by atoms with Gasteiger partial charge < -0.3 is 22.1 Å². The number of carbonyl (C=O) groups excluding carboxylic acids is 2. The molecule has 3 rings (SSSR count). The van der Waals surface area contributed by atoms with Gasteiger partial charge >= 0.3 is 6.03 Å². The number of hydrogen-bond acceptors (Lipinski definition) is 3. The number of nitrogens with two attached hydrogens (primary N) is 3. The number of hydrogen-bond donors (Lipinski definition) is 3. The molecule has 0 saturated carbocycles. The minimum absolute atomic E-state index is 0.107. The van der Waals surface area contributed by atoms with Gasteiger partial charge in [0.25, 0.3) is 5.91 Å². The highest BCUT2D eigenvalue weighted by Crippen LogP contribution is 2.34. The van der Waals surface area contributed by atoms with Crippen molar-refractivity contribution in [2.75, 3.05) is 11.4 Å². The molecule has 2 aliphatic rings. The van der Waals surface area contributed by atoms with Gasteiger partial charge in [-0.05, 0) is 37.5 Å². The minimum atomic E-state index is -0.351. The Labute approximate surface area is 138 Å². The molecule has 6 N–H and O–H groups in total. The Kier molecular flexibility index (Phi) is 3.84. The molecule has 1 atom stereocenters. The summed E-state index contributed by atoms with van der Waals surface area (Å²) in [4.78, 5) is 35.7. The smallest absolute Gasteiger partial charge is 0.332 e. The van der Waals surface area contributed by atoms with Crippen molar-refractivity contribution in [1.82, 2.24) is 4.90 Å². The lowest BCUT2D eigenvalue weighted by molar-refractivity contribution is -0.119. The first-order valence-electron chi connectivity index (χ1n) is 7.57. The number of rotatable bonds is 2. The SMILES string of the molecule is Cc1ccc(N=C(N)N=C(N)N)cc1N1C(=O)C2CCCN2C1=O. The molecule has 0 aromatic heterocycles. The number of urea groups is 1. The molecule has 24 heavy (non-hydrogen) atoms. The zero-order valence-electron chi connectivity index (χ0n) is 13.3. The van der Waals surface area contributed by atoms with Crippen LogP contribution in [-0.2, 0) is 4.79 Å². The van der Waals surface area contributed by atoms with Crippen molar-refractivity contribution < 1.29 is 9.59 Å². The normalized spacial score (nSPS) is 20.5. The van der Waals surface area contributed by atoms with Gasteiger partial charge in [0.05, 0.1) is 11.4 Å². The van der Waals surface area contributed by atoms with Crippen molar-refractivity contribution in [2.24, 2.45) is 27.2 Å². The summed E-state index contributed by atoms with van der Waals surface area (Å²) in [6.07, 6.45) is 1.56. The molecule has 2 fully saturated rings. The number of aryl methyl sites for hydroxylation is 1. The highest BCUT2D eigenvalue weighted by Gasteiger charge is 2.48. The van der Waals surface area contributed by atoms with Crippen LogP contribution in [0.4, 0.5) is 16.2 Å². The maximum Gasteiger partial charge on any atom is 0.332 e. The molecule has 126 valence electrons. The summed E-state index contributed by atoms with van der Waals surface area (Å²) in [5.74, 6) is -0.502. The second kappa shape index (κ2) is 5.84. The van der Waals surface area contributed by atoms with E-state index in [4.69, 9.17) is 17.2 Å². The fraction of sp³-hybridized carbons (Fsp3) is 0.333. The van der Waals surface area contributed by atoms with E-state index in [1.54, 1.807) is 23.1 Å². The molecule has 1 unspecified atom stereocenters. The fourth-order valence-electron chi connectivity index (χ4n) is 3.04. The molecule has 2 saturated heterocycles. The number of aliphatic imine (C=N–C) groups is 2. The lowest BCUT2D eigenvalue weighted by atomic mass is 10.1. The van der Waals surface area contributed by atoms with E-state index in [1.165, 1.54) is 4.90 Å². The predicted octanol–water partition coefficient (Wildman–Crippen LogP) is 0.146. The molecule has 1 aromatic rings. The van der Waals surface area contributed by atoms with Crippen LogP contribution < -0.4 is 22.1 Å². The molecule has 2 heterocycles. The Morgan fingerprint density at radius 2 is 2.00 bits per heavy atom. The summed E-state index contributed by atoms with van der Waals surface area (Å²) >= 11 is 0. The fourth-order valence-corrected chi connectivity index (χ4v) is 3.04. The first-order chi connectivity index (χ1) is 11.4. The average Bonchev–Trinajstić information content (AvgIpc) is 3.06. The first-order valence-corrected chi connectivity index (χ1v) is 7.57. The van der Waals surface area contributed by atoms with E-state index in [0.29, 0.717) is 24.3 Å². The van der Waals surface area contributed by atoms with Gasteiger partial charge in [0, 0.05) is 6.54 Å². The van der Waals surface area contributed by atoms with Crippen LogP contribution >= 0.6 is 0 Å². The summed E-state index contributed by atoms with van der Waals surface area (Å²) in [6.45, 7) is 2.44. The number of guanidine groups is 2. The van der Waals surface area contributed by atoms with Crippen LogP contribution in [0.25, 0.3) is 0 Å². The van der Waals surface area contributed by atoms with Crippen LogP contribution in [0.3, 0.4) is 0 Å². The Balaban J connectivity index is 1.97. The molecule has 0 radical (unpaired) electrons. The molecular weight excluding hydrogens is 310 g/mol. The predicted molar refractivity (Wildman–Crippen MR) is 90.9 cm³/mol. The van der Waals surface area contributed by atoms with Gasteiger partial charge in [0.1, 0.15) is 6.04 Å². The van der Waals surface area contributed by atoms with Crippen LogP contribution in [0.2, 0.25) is 0 Å². The van der Waals surface area contributed by atoms with Gasteiger partial charge in [0.2, 0.25) is 5.96 Å². The average molecular weight is 329 g/mol. The Morgan fingerprint density at radius 3 is 2.67 bits per heavy atom. The van der Waals surface area contributed by atoms with E-state index in [1.807, 2.05) is 6.92 Å². The summed E-state index contributed by atoms with van der Waals surface area (Å²) in [5.41, 5.74) is 17.9. The number of fused-ring (bicyclic) bond motifs is 1. The Hall–Kier alpha value is -3.10. The van der Waals surface area contributed by atoms with Crippen LogP contribution in [0.5, 0.6) is 0 Å². The first kappa shape index (κ1) is 15.8. The van der Waals surface area contributed by atoms with Crippen LogP contribution in [0.1, 0.15) is 18.4 Å². The van der Waals surface area contributed by atoms with E-state index < -0.39 is 0 Å². The maximum absolute atomic E-state index is 12.6. The molecule has 9 heteroatoms. The van der Waals surface area contributed by atoms with Gasteiger partial charge in [-0.15, -0.1) is 0 Å². The molecule has 0 aliphatic carbocycles. The second-order valence-corrected chi connectivity index (χ2v) is 5.79. The van der Waals surface area contributed by atoms with Crippen molar-refractivity contribution in [3.63, 3.8) is 0 Å². The van der Waals surface area contributed by atoms with Gasteiger partial charge in [-0.2, -0.15) is 4.99 Å². The van der Waals surface area contributed by atoms with Crippen molar-refractivity contribution in [3.05, 3.63) is 23.8 Å². The number of imide groups is 1. The third-order valence-electron chi connectivity index (χ3n) is 4.12. The van der Waals surface area contributed by atoms with Crippen LogP contribution in [-0.4, -0.2) is 41.3 Å². The van der Waals surface area contributed by atoms with E-state index in [0.717, 1.165) is 12.0 Å². The number of carbonyl (C=O) groups is 2. The van der Waals surface area contributed by atoms with E-state index in [2.05, 4.69) is 9.98 Å². The van der Waals surface area contributed by atoms with Gasteiger partial charge in [-0.25, -0.2) is 14.7 Å². The highest BCUT2D eigenvalue weighted by molar-refractivity contribution is 6.22. The molecule has 1 aromatic carbocycles. The summed E-state index contributed by atoms with van der Waals surface area (Å²) in [7, 11) is 0. The topological polar surface area (TPSA) is 143 Å². The van der Waals surface area contributed by atoms with E-state index >= 15 is 0 Å². The highest BCUT2D eigenvalue weighted by atomic mass is 16.2. The van der Waals surface area contributed by atoms with Crippen molar-refractivity contribution in [1.29, 1.82) is 0 Å². The zero-order chi connectivity index (χ0) is 17.4. The quantitative estimate of drug-likeness (QED) is 0.402. The van der Waals surface area contributed by atoms with Gasteiger partial charge in [-0.1, -0.05) is 6.07 Å². The standard InChI is InChI=1S/C15H19N7O2/c1-8-4-5-9(19-14(18)20-13(16)17)7-11(8)22-12(23)10-3-2-6-21(10)15(22)24/h4-5,7,10H,2-3,6H2,1H3,(H6,16,17,18,19,20). The van der Waals surface area contributed by atoms with Gasteiger partial charge in [-0.3, -0.25) is 4.79 Å². The minimum Gasteiger partial charge on any atom is -0.370 e. The summed E-state index contributed by atoms with van der Waals surface area (Å²) in [6, 6.07) is 4.46. The summed E-state index contributed by atoms with van der Waals surface area (Å²) in [5, 5.41) is 0. The third-order valence-corrected chi connectivity index (χ3v) is 4.12. The number of benzene rings is 1. The van der Waals surface area contributed by atoms with Crippen molar-refractivity contribution >= 4 is 35.2 Å². The number of nitrogens with zero attached hydrogens (tertiary/aromatic N) is 4. The number of anilines is 1. The maximum atomic E-state index is 12.6. The Bertz CT molecular complexity index is 745.